The monoisotopic (exact) mass is 224 g/mol. The number of quaternary nitrogens is 1. The molecule has 0 spiro atoms. The molecule has 0 saturated heterocycles. The van der Waals surface area contributed by atoms with Crippen LogP contribution in [0.15, 0.2) is 18.2 Å². The van der Waals surface area contributed by atoms with Crippen molar-refractivity contribution in [3.8, 4) is 11.5 Å². The van der Waals surface area contributed by atoms with Crippen molar-refractivity contribution in [1.82, 2.24) is 0 Å². The highest BCUT2D eigenvalue weighted by Crippen LogP contribution is 2.27. The van der Waals surface area contributed by atoms with Gasteiger partial charge in [0.15, 0.2) is 11.5 Å². The quantitative estimate of drug-likeness (QED) is 0.713. The Morgan fingerprint density at radius 3 is 2.50 bits per heavy atom. The number of unbranched alkanes of at least 4 members (excludes halogenated alkanes) is 1. The minimum absolute atomic E-state index is 0.791. The molecule has 0 saturated carbocycles. The zero-order chi connectivity index (χ0) is 11.8. The second-order valence-electron chi connectivity index (χ2n) is 3.82. The Morgan fingerprint density at radius 1 is 1.12 bits per heavy atom. The first-order valence-electron chi connectivity index (χ1n) is 5.84. The first kappa shape index (κ1) is 12.8. The largest absolute Gasteiger partial charge is 0.493 e. The van der Waals surface area contributed by atoms with E-state index in [4.69, 9.17) is 9.47 Å². The summed E-state index contributed by atoms with van der Waals surface area (Å²) in [5.74, 6) is 1.60. The van der Waals surface area contributed by atoms with Gasteiger partial charge < -0.3 is 14.8 Å². The fourth-order valence-corrected chi connectivity index (χ4v) is 1.62. The van der Waals surface area contributed by atoms with E-state index in [2.05, 4.69) is 18.3 Å². The van der Waals surface area contributed by atoms with Gasteiger partial charge >= 0.3 is 0 Å². The second kappa shape index (κ2) is 7.12. The second-order valence-corrected chi connectivity index (χ2v) is 3.82. The van der Waals surface area contributed by atoms with Gasteiger partial charge in [-0.15, -0.1) is 0 Å². The third kappa shape index (κ3) is 3.74. The summed E-state index contributed by atoms with van der Waals surface area (Å²) in [5.41, 5.74) is 1.27. The summed E-state index contributed by atoms with van der Waals surface area (Å²) in [6.07, 6.45) is 2.52. The van der Waals surface area contributed by atoms with E-state index in [1.165, 1.54) is 24.9 Å². The zero-order valence-electron chi connectivity index (χ0n) is 10.5. The fourth-order valence-electron chi connectivity index (χ4n) is 1.62. The van der Waals surface area contributed by atoms with E-state index in [9.17, 15) is 0 Å². The average molecular weight is 224 g/mol. The molecule has 1 aromatic carbocycles. The molecule has 3 nitrogen and oxygen atoms in total. The minimum atomic E-state index is 0.791. The number of benzene rings is 1. The van der Waals surface area contributed by atoms with Crippen LogP contribution in [-0.4, -0.2) is 20.8 Å². The molecule has 16 heavy (non-hydrogen) atoms. The Balaban J connectivity index is 2.54. The molecule has 0 fully saturated rings. The van der Waals surface area contributed by atoms with Gasteiger partial charge in [0.05, 0.1) is 20.8 Å². The van der Waals surface area contributed by atoms with Crippen molar-refractivity contribution in [3.05, 3.63) is 23.8 Å². The Labute approximate surface area is 97.8 Å². The first-order valence-corrected chi connectivity index (χ1v) is 5.84. The molecule has 0 radical (unpaired) electrons. The van der Waals surface area contributed by atoms with Gasteiger partial charge in [-0.2, -0.15) is 0 Å². The molecule has 3 heteroatoms. The van der Waals surface area contributed by atoms with Gasteiger partial charge in [0, 0.05) is 5.56 Å². The molecule has 1 rings (SSSR count). The molecule has 0 heterocycles. The van der Waals surface area contributed by atoms with E-state index in [0.29, 0.717) is 0 Å². The molecule has 0 aliphatic rings. The van der Waals surface area contributed by atoms with E-state index in [1.54, 1.807) is 14.2 Å². The van der Waals surface area contributed by atoms with Gasteiger partial charge in [0.25, 0.3) is 0 Å². The molecule has 1 aromatic rings. The van der Waals surface area contributed by atoms with Crippen LogP contribution in [0.3, 0.4) is 0 Å². The molecular weight excluding hydrogens is 202 g/mol. The van der Waals surface area contributed by atoms with Crippen molar-refractivity contribution < 1.29 is 14.8 Å². The van der Waals surface area contributed by atoms with Crippen LogP contribution in [0.25, 0.3) is 0 Å². The number of rotatable bonds is 7. The highest BCUT2D eigenvalue weighted by molar-refractivity contribution is 5.42. The Kier molecular flexibility index (Phi) is 5.72. The SMILES string of the molecule is CCCC[NH2+]Cc1ccc(OC)c(OC)c1. The third-order valence-electron chi connectivity index (χ3n) is 2.59. The number of methoxy groups -OCH3 is 2. The van der Waals surface area contributed by atoms with Gasteiger partial charge in [0.1, 0.15) is 6.54 Å². The van der Waals surface area contributed by atoms with Crippen LogP contribution in [0.1, 0.15) is 25.3 Å². The van der Waals surface area contributed by atoms with Crippen LogP contribution in [-0.2, 0) is 6.54 Å². The summed E-state index contributed by atoms with van der Waals surface area (Å²) in [7, 11) is 3.33. The topological polar surface area (TPSA) is 35.1 Å². The van der Waals surface area contributed by atoms with Crippen LogP contribution in [0.4, 0.5) is 0 Å². The Morgan fingerprint density at radius 2 is 1.88 bits per heavy atom. The Bertz CT molecular complexity index is 313. The molecule has 0 amide bonds. The zero-order valence-corrected chi connectivity index (χ0v) is 10.5. The highest BCUT2D eigenvalue weighted by Gasteiger charge is 2.04. The standard InChI is InChI=1S/C13H21NO2/c1-4-5-8-14-10-11-6-7-12(15-2)13(9-11)16-3/h6-7,9,14H,4-5,8,10H2,1-3H3/p+1. The summed E-state index contributed by atoms with van der Waals surface area (Å²) < 4.78 is 10.5. The van der Waals surface area contributed by atoms with Gasteiger partial charge in [-0.25, -0.2) is 0 Å². The molecule has 0 unspecified atom stereocenters. The lowest BCUT2D eigenvalue weighted by molar-refractivity contribution is -0.670. The fraction of sp³-hybridized carbons (Fsp3) is 0.538. The first-order chi connectivity index (χ1) is 7.81. The molecule has 90 valence electrons. The Hall–Kier alpha value is -1.22. The van der Waals surface area contributed by atoms with Crippen LogP contribution < -0.4 is 14.8 Å². The molecular formula is C13H22NO2+. The summed E-state index contributed by atoms with van der Waals surface area (Å²) in [5, 5.41) is 2.32. The van der Waals surface area contributed by atoms with E-state index >= 15 is 0 Å². The molecule has 2 N–H and O–H groups in total. The molecule has 0 aliphatic heterocycles. The normalized spacial score (nSPS) is 10.2. The predicted octanol–water partition coefficient (Wildman–Crippen LogP) is 1.57. The van der Waals surface area contributed by atoms with E-state index < -0.39 is 0 Å². The van der Waals surface area contributed by atoms with Crippen LogP contribution in [0.2, 0.25) is 0 Å². The van der Waals surface area contributed by atoms with Crippen molar-refractivity contribution in [2.75, 3.05) is 20.8 Å². The maximum atomic E-state index is 5.27. The summed E-state index contributed by atoms with van der Waals surface area (Å²) in [6.45, 7) is 4.40. The summed E-state index contributed by atoms with van der Waals surface area (Å²) in [6, 6.07) is 6.09. The van der Waals surface area contributed by atoms with Crippen molar-refractivity contribution in [1.29, 1.82) is 0 Å². The van der Waals surface area contributed by atoms with Gasteiger partial charge in [-0.05, 0) is 24.6 Å². The van der Waals surface area contributed by atoms with E-state index in [1.807, 2.05) is 12.1 Å². The van der Waals surface area contributed by atoms with Gasteiger partial charge in [0.2, 0.25) is 0 Å². The van der Waals surface area contributed by atoms with Crippen molar-refractivity contribution in [3.63, 3.8) is 0 Å². The number of hydrogen-bond donors (Lipinski definition) is 1. The smallest absolute Gasteiger partial charge is 0.161 e. The highest BCUT2D eigenvalue weighted by atomic mass is 16.5. The van der Waals surface area contributed by atoms with Crippen LogP contribution in [0, 0.1) is 0 Å². The van der Waals surface area contributed by atoms with Crippen LogP contribution >= 0.6 is 0 Å². The van der Waals surface area contributed by atoms with Gasteiger partial charge in [-0.1, -0.05) is 13.3 Å². The van der Waals surface area contributed by atoms with Gasteiger partial charge in [-0.3, -0.25) is 0 Å². The average Bonchev–Trinajstić information content (AvgIpc) is 2.34. The van der Waals surface area contributed by atoms with Crippen LogP contribution in [0.5, 0.6) is 11.5 Å². The molecule has 0 aliphatic carbocycles. The lowest BCUT2D eigenvalue weighted by Crippen LogP contribution is -2.82. The minimum Gasteiger partial charge on any atom is -0.493 e. The number of nitrogens with two attached hydrogens (primary N) is 1. The number of hydrogen-bond acceptors (Lipinski definition) is 2. The predicted molar refractivity (Wildman–Crippen MR) is 65.0 cm³/mol. The molecule has 0 atom stereocenters. The van der Waals surface area contributed by atoms with E-state index in [-0.39, 0.29) is 0 Å². The summed E-state index contributed by atoms with van der Waals surface area (Å²) in [4.78, 5) is 0. The summed E-state index contributed by atoms with van der Waals surface area (Å²) >= 11 is 0. The lowest BCUT2D eigenvalue weighted by Gasteiger charge is -2.08. The van der Waals surface area contributed by atoms with Crippen molar-refractivity contribution in [2.45, 2.75) is 26.3 Å². The maximum absolute atomic E-state index is 5.27. The third-order valence-corrected chi connectivity index (χ3v) is 2.59. The molecule has 0 bridgehead atoms. The number of ether oxygens (including phenoxy) is 2. The van der Waals surface area contributed by atoms with Crippen molar-refractivity contribution in [2.24, 2.45) is 0 Å². The van der Waals surface area contributed by atoms with E-state index in [0.717, 1.165) is 18.0 Å². The van der Waals surface area contributed by atoms with Crippen molar-refractivity contribution >= 4 is 0 Å². The maximum Gasteiger partial charge on any atom is 0.161 e. The molecule has 0 aromatic heterocycles. The lowest BCUT2D eigenvalue weighted by atomic mass is 10.2.